The third-order valence-corrected chi connectivity index (χ3v) is 18.7. The van der Waals surface area contributed by atoms with Gasteiger partial charge in [-0.25, -0.2) is 24.2 Å². The van der Waals surface area contributed by atoms with E-state index in [1.54, 1.807) is 115 Å². The van der Waals surface area contributed by atoms with Crippen molar-refractivity contribution in [3.8, 4) is 17.2 Å². The van der Waals surface area contributed by atoms with Crippen LogP contribution in [0.3, 0.4) is 0 Å². The summed E-state index contributed by atoms with van der Waals surface area (Å²) in [6.45, 7) is 20.1. The summed E-state index contributed by atoms with van der Waals surface area (Å²) in [6.07, 6.45) is 1.27. The van der Waals surface area contributed by atoms with Gasteiger partial charge in [-0.2, -0.15) is 0 Å². The monoisotopic (exact) mass is 1450 g/mol. The van der Waals surface area contributed by atoms with Crippen LogP contribution >= 0.6 is 0 Å². The van der Waals surface area contributed by atoms with E-state index in [0.717, 1.165) is 20.9 Å². The number of hydrogen-bond acceptors (Lipinski definition) is 20. The fourth-order valence-electron chi connectivity index (χ4n) is 12.7. The predicted octanol–water partition coefficient (Wildman–Crippen LogP) is 9.27. The molecule has 0 radical (unpaired) electrons. The average Bonchev–Trinajstić information content (AvgIpc) is 1.63. The van der Waals surface area contributed by atoms with Crippen molar-refractivity contribution in [2.45, 2.75) is 176 Å². The van der Waals surface area contributed by atoms with Gasteiger partial charge in [0.2, 0.25) is 11.8 Å². The van der Waals surface area contributed by atoms with Crippen molar-refractivity contribution in [1.82, 2.24) is 25.8 Å². The molecule has 27 heteroatoms. The number of ketones is 3. The van der Waals surface area contributed by atoms with Crippen LogP contribution in [0.1, 0.15) is 149 Å². The molecule has 0 aromatic heterocycles. The van der Waals surface area contributed by atoms with Crippen LogP contribution in [-0.4, -0.2) is 176 Å². The van der Waals surface area contributed by atoms with Gasteiger partial charge in [0.1, 0.15) is 37.4 Å². The minimum absolute atomic E-state index is 0.00554. The van der Waals surface area contributed by atoms with E-state index in [1.807, 2.05) is 27.7 Å². The molecule has 8 atom stereocenters. The van der Waals surface area contributed by atoms with Crippen molar-refractivity contribution in [3.05, 3.63) is 148 Å². The maximum atomic E-state index is 14.3. The third kappa shape index (κ3) is 20.9. The SMILES string of the molecule is C=CCOC(=O)N[C@@H](C(=O)N[C@H](C)C(=O)Cc1ccc(COC(=O)N2c3cc(OCCCCCOc4cc5c(cc4C)C(=O)N4C=C(C)C[C@H]4[C@H](O)N5C(=O)OCc4ccc(CC(=O)[C@@H](C)NC(=O)[C@H](CC(=O)CCOCCOC)C(C)C)cc4)c(OC)cc3C(=O)N3C=C(C)C[C@H]3[C@@H]2O)cc1)C(C)C. The van der Waals surface area contributed by atoms with Crippen molar-refractivity contribution >= 4 is 70.6 Å². The normalized spacial score (nSPS) is 17.8. The van der Waals surface area contributed by atoms with E-state index in [0.29, 0.717) is 72.5 Å². The molecule has 0 unspecified atom stereocenters. The minimum Gasteiger partial charge on any atom is -0.493 e. The molecule has 8 rings (SSSR count). The Kier molecular flexibility index (Phi) is 28.9. The summed E-state index contributed by atoms with van der Waals surface area (Å²) in [5, 5.41) is 32.0. The number of carbonyl (C=O) groups excluding carboxylic acids is 10. The van der Waals surface area contributed by atoms with Crippen molar-refractivity contribution in [3.63, 3.8) is 0 Å². The molecule has 5 N–H and O–H groups in total. The zero-order valence-corrected chi connectivity index (χ0v) is 61.7. The lowest BCUT2D eigenvalue weighted by Crippen LogP contribution is -2.53. The molecule has 4 aliphatic rings. The first-order chi connectivity index (χ1) is 50.1. The molecule has 4 aromatic rings. The van der Waals surface area contributed by atoms with Crippen LogP contribution in [0.4, 0.5) is 25.8 Å². The molecule has 27 nitrogen and oxygen atoms in total. The molecular weight excluding hydrogens is 1350 g/mol. The molecule has 0 spiro atoms. The standard InChI is InChI=1S/C78H99N7O20/c1-13-26-103-76(95)81-69(46(4)5)71(90)80-51(10)65(88)36-53-19-23-55(24-20-53)44-105-78(97)85-61-40-68(67(99-12)38-59(61)73(92)83-42-48(7)33-63(83)75(85)94)102-28-16-14-15-27-101-66-39-60-58(34-49(66)8)72(91)82-41-47(6)32-62(82)74(93)84(60)77(96)104-43-54-21-17-52(18-22-54)35-64(87)50(9)79-70(89)57(45(2)3)37-56(86)25-29-100-31-30-98-11/h13,17-24,34,38-42,45-46,50-51,57,62-63,69,74-75,93-94H,1,14-16,25-33,35-37,43-44H2,2-12H3,(H,79,89)(H,80,90)(H,81,95)/t50-,51-,57-,62+,63+,69-,74+,75+/m1/s1. The summed E-state index contributed by atoms with van der Waals surface area (Å²) in [5.74, 6) is -2.85. The number of benzene rings is 4. The number of rotatable bonds is 36. The van der Waals surface area contributed by atoms with Crippen molar-refractivity contribution in [2.75, 3.05) is 63.7 Å². The number of amides is 7. The summed E-state index contributed by atoms with van der Waals surface area (Å²) in [5.41, 5.74) is 4.94. The topological polar surface area (TPSA) is 334 Å². The molecule has 7 amide bonds. The first-order valence-corrected chi connectivity index (χ1v) is 35.5. The van der Waals surface area contributed by atoms with Gasteiger partial charge in [0.15, 0.2) is 35.5 Å². The van der Waals surface area contributed by atoms with Crippen LogP contribution in [0, 0.1) is 24.7 Å². The Morgan fingerprint density at radius 3 is 1.54 bits per heavy atom. The second kappa shape index (κ2) is 37.7. The Bertz CT molecular complexity index is 3890. The number of unbranched alkanes of at least 4 members (excludes halogenated alkanes) is 2. The van der Waals surface area contributed by atoms with E-state index < -0.39 is 84.6 Å². The highest BCUT2D eigenvalue weighted by molar-refractivity contribution is 6.07. The Morgan fingerprint density at radius 2 is 1.06 bits per heavy atom. The minimum atomic E-state index is -1.56. The number of nitrogens with one attached hydrogen (secondary N) is 3. The molecule has 0 fully saturated rings. The number of anilines is 2. The van der Waals surface area contributed by atoms with Gasteiger partial charge in [0, 0.05) is 63.2 Å². The van der Waals surface area contributed by atoms with Crippen LogP contribution < -0.4 is 40.0 Å². The number of aliphatic hydroxyl groups is 2. The summed E-state index contributed by atoms with van der Waals surface area (Å²) in [4.78, 5) is 140. The van der Waals surface area contributed by atoms with Crippen LogP contribution in [-0.2, 0) is 73.7 Å². The van der Waals surface area contributed by atoms with Gasteiger partial charge in [-0.3, -0.25) is 33.6 Å². The van der Waals surface area contributed by atoms with Gasteiger partial charge >= 0.3 is 18.3 Å². The highest BCUT2D eigenvalue weighted by atomic mass is 16.6. The molecule has 4 aliphatic heterocycles. The van der Waals surface area contributed by atoms with Gasteiger partial charge in [-0.05, 0) is 119 Å². The predicted molar refractivity (Wildman–Crippen MR) is 387 cm³/mol. The highest BCUT2D eigenvalue weighted by Crippen LogP contribution is 2.43. The van der Waals surface area contributed by atoms with Gasteiger partial charge in [0.05, 0.1) is 86.8 Å². The molecule has 0 saturated heterocycles. The number of Topliss-reactive ketones (excluding diaryl/α,β-unsaturated/α-hetero) is 3. The molecular formula is C78H99N7O20. The zero-order chi connectivity index (χ0) is 76.3. The lowest BCUT2D eigenvalue weighted by atomic mass is 9.88. The smallest absolute Gasteiger partial charge is 0.416 e. The van der Waals surface area contributed by atoms with E-state index in [4.69, 9.17) is 37.9 Å². The Hall–Kier alpha value is -9.96. The second-order valence-corrected chi connectivity index (χ2v) is 27.6. The molecule has 0 bridgehead atoms. The summed E-state index contributed by atoms with van der Waals surface area (Å²) in [6, 6.07) is 15.3. The zero-order valence-electron chi connectivity index (χ0n) is 61.7. The van der Waals surface area contributed by atoms with E-state index in [9.17, 15) is 58.2 Å². The number of nitrogens with zero attached hydrogens (tertiary/aromatic N) is 4. The van der Waals surface area contributed by atoms with Gasteiger partial charge in [-0.1, -0.05) is 100 Å². The Balaban J connectivity index is 0.860. The van der Waals surface area contributed by atoms with Crippen LogP contribution in [0.2, 0.25) is 0 Å². The van der Waals surface area contributed by atoms with Crippen LogP contribution in [0.15, 0.2) is 109 Å². The summed E-state index contributed by atoms with van der Waals surface area (Å²) in [7, 11) is 2.97. The maximum absolute atomic E-state index is 14.3. The molecule has 105 heavy (non-hydrogen) atoms. The first kappa shape index (κ1) is 80.7. The van der Waals surface area contributed by atoms with E-state index >= 15 is 0 Å². The fraction of sp³-hybridized carbons (Fsp3) is 0.487. The third-order valence-electron chi connectivity index (χ3n) is 18.7. The quantitative estimate of drug-likeness (QED) is 0.0161. The largest absolute Gasteiger partial charge is 0.493 e. The molecule has 566 valence electrons. The summed E-state index contributed by atoms with van der Waals surface area (Å²) < 4.78 is 45.3. The molecule has 0 saturated carbocycles. The van der Waals surface area contributed by atoms with Crippen molar-refractivity contribution in [1.29, 1.82) is 0 Å². The number of hydrogen-bond donors (Lipinski definition) is 5. The number of carbonyl (C=O) groups is 10. The number of ether oxygens (including phenoxy) is 8. The van der Waals surface area contributed by atoms with E-state index in [-0.39, 0.29) is 141 Å². The Morgan fingerprint density at radius 1 is 0.571 bits per heavy atom. The lowest BCUT2D eigenvalue weighted by molar-refractivity contribution is -0.133. The first-order valence-electron chi connectivity index (χ1n) is 35.5. The molecule has 0 aliphatic carbocycles. The number of aryl methyl sites for hydroxylation is 1. The van der Waals surface area contributed by atoms with Gasteiger partial charge in [0.25, 0.3) is 11.8 Å². The van der Waals surface area contributed by atoms with Gasteiger partial charge in [-0.15, -0.1) is 0 Å². The number of alkyl carbamates (subject to hydrolysis) is 1. The number of methoxy groups -OCH3 is 2. The van der Waals surface area contributed by atoms with Crippen LogP contribution in [0.5, 0.6) is 17.2 Å². The maximum Gasteiger partial charge on any atom is 0.416 e. The highest BCUT2D eigenvalue weighted by Gasteiger charge is 2.47. The van der Waals surface area contributed by atoms with E-state index in [2.05, 4.69) is 22.5 Å². The van der Waals surface area contributed by atoms with E-state index in [1.165, 1.54) is 35.1 Å². The number of fused-ring (bicyclic) bond motifs is 4. The molecule has 4 heterocycles. The average molecular weight is 1450 g/mol. The van der Waals surface area contributed by atoms with Crippen molar-refractivity contribution < 1.29 is 96.1 Å². The summed E-state index contributed by atoms with van der Waals surface area (Å²) >= 11 is 0. The van der Waals surface area contributed by atoms with Gasteiger partial charge < -0.3 is 73.9 Å². The second-order valence-electron chi connectivity index (χ2n) is 27.6. The molecule has 4 aromatic carbocycles. The Labute approximate surface area is 612 Å². The van der Waals surface area contributed by atoms with Crippen LogP contribution in [0.25, 0.3) is 0 Å². The van der Waals surface area contributed by atoms with Crippen molar-refractivity contribution in [2.24, 2.45) is 17.8 Å². The lowest BCUT2D eigenvalue weighted by Gasteiger charge is -2.31. The number of aliphatic hydroxyl groups excluding tert-OH is 2. The fourth-order valence-corrected chi connectivity index (χ4v) is 12.7.